The molecule has 0 amide bonds. The molecular weight excluding hydrogens is 339 g/mol. The van der Waals surface area contributed by atoms with E-state index in [1.54, 1.807) is 24.3 Å². The van der Waals surface area contributed by atoms with Crippen LogP contribution < -0.4 is 4.74 Å². The molecule has 0 atom stereocenters. The Balaban J connectivity index is 2.28. The second kappa shape index (κ2) is 6.54. The molecule has 2 aromatic carbocycles. The van der Waals surface area contributed by atoms with E-state index in [1.807, 2.05) is 13.0 Å². The standard InChI is InChI=1S/C16H12BrFO3/c1-10-2-3-11(4-7-16(19)20)8-15(10)21-12-5-6-13(17)14(18)9-12/h2-9H,1H3,(H,19,20)/b7-4+. The number of hydrogen-bond donors (Lipinski definition) is 1. The molecule has 0 saturated heterocycles. The molecule has 108 valence electrons. The van der Waals surface area contributed by atoms with Crippen LogP contribution >= 0.6 is 15.9 Å². The van der Waals surface area contributed by atoms with Gasteiger partial charge in [0.2, 0.25) is 0 Å². The average Bonchev–Trinajstić information content (AvgIpc) is 2.43. The van der Waals surface area contributed by atoms with Crippen LogP contribution in [-0.2, 0) is 4.79 Å². The number of aliphatic carboxylic acids is 1. The summed E-state index contributed by atoms with van der Waals surface area (Å²) in [5.41, 5.74) is 1.56. The van der Waals surface area contributed by atoms with Crippen LogP contribution in [-0.4, -0.2) is 11.1 Å². The lowest BCUT2D eigenvalue weighted by atomic mass is 10.1. The Morgan fingerprint density at radius 2 is 2.05 bits per heavy atom. The van der Waals surface area contributed by atoms with Crippen LogP contribution in [0.4, 0.5) is 4.39 Å². The minimum absolute atomic E-state index is 0.365. The summed E-state index contributed by atoms with van der Waals surface area (Å²) in [7, 11) is 0. The lowest BCUT2D eigenvalue weighted by Crippen LogP contribution is -1.90. The first-order chi connectivity index (χ1) is 9.95. The Morgan fingerprint density at radius 1 is 1.29 bits per heavy atom. The quantitative estimate of drug-likeness (QED) is 0.806. The van der Waals surface area contributed by atoms with Crippen molar-refractivity contribution in [3.8, 4) is 11.5 Å². The minimum atomic E-state index is -1.02. The van der Waals surface area contributed by atoms with Crippen LogP contribution in [0.15, 0.2) is 46.9 Å². The number of benzene rings is 2. The summed E-state index contributed by atoms with van der Waals surface area (Å²) in [6.45, 7) is 1.86. The fourth-order valence-electron chi connectivity index (χ4n) is 1.67. The van der Waals surface area contributed by atoms with Crippen molar-refractivity contribution in [2.75, 3.05) is 0 Å². The summed E-state index contributed by atoms with van der Waals surface area (Å²) in [4.78, 5) is 10.5. The molecule has 0 aliphatic carbocycles. The maximum Gasteiger partial charge on any atom is 0.328 e. The summed E-state index contributed by atoms with van der Waals surface area (Å²) in [6, 6.07) is 9.79. The van der Waals surface area contributed by atoms with Crippen LogP contribution in [0.25, 0.3) is 6.08 Å². The summed E-state index contributed by atoms with van der Waals surface area (Å²) < 4.78 is 19.5. The van der Waals surface area contributed by atoms with Gasteiger partial charge in [0, 0.05) is 12.1 Å². The Kier molecular flexibility index (Phi) is 4.75. The largest absolute Gasteiger partial charge is 0.478 e. The molecule has 1 N–H and O–H groups in total. The molecule has 0 spiro atoms. The Bertz CT molecular complexity index is 711. The minimum Gasteiger partial charge on any atom is -0.478 e. The third-order valence-electron chi connectivity index (χ3n) is 2.75. The molecule has 0 unspecified atom stereocenters. The fourth-order valence-corrected chi connectivity index (χ4v) is 1.91. The van der Waals surface area contributed by atoms with E-state index in [2.05, 4.69) is 15.9 Å². The van der Waals surface area contributed by atoms with E-state index in [0.717, 1.165) is 11.6 Å². The summed E-state index contributed by atoms with van der Waals surface area (Å²) in [5, 5.41) is 8.63. The van der Waals surface area contributed by atoms with Crippen LogP contribution in [0.5, 0.6) is 11.5 Å². The van der Waals surface area contributed by atoms with E-state index in [9.17, 15) is 9.18 Å². The molecular formula is C16H12BrFO3. The van der Waals surface area contributed by atoms with Gasteiger partial charge in [-0.2, -0.15) is 0 Å². The number of carboxylic acid groups (broad SMARTS) is 1. The van der Waals surface area contributed by atoms with Crippen molar-refractivity contribution in [3.63, 3.8) is 0 Å². The average molecular weight is 351 g/mol. The number of carboxylic acids is 1. The molecule has 0 aliphatic heterocycles. The van der Waals surface area contributed by atoms with Gasteiger partial charge in [-0.25, -0.2) is 9.18 Å². The molecule has 0 aliphatic rings. The van der Waals surface area contributed by atoms with Gasteiger partial charge in [0.05, 0.1) is 4.47 Å². The number of aryl methyl sites for hydroxylation is 1. The maximum absolute atomic E-state index is 13.5. The Morgan fingerprint density at radius 3 is 2.71 bits per heavy atom. The van der Waals surface area contributed by atoms with Gasteiger partial charge in [-0.1, -0.05) is 12.1 Å². The van der Waals surface area contributed by atoms with E-state index in [4.69, 9.17) is 9.84 Å². The summed E-state index contributed by atoms with van der Waals surface area (Å²) in [6.07, 6.45) is 2.52. The summed E-state index contributed by atoms with van der Waals surface area (Å²) in [5.74, 6) is -0.512. The molecule has 0 saturated carbocycles. The predicted molar refractivity (Wildman–Crippen MR) is 82.0 cm³/mol. The number of hydrogen-bond acceptors (Lipinski definition) is 2. The highest BCUT2D eigenvalue weighted by molar-refractivity contribution is 9.10. The highest BCUT2D eigenvalue weighted by Gasteiger charge is 2.05. The number of halogens is 2. The summed E-state index contributed by atoms with van der Waals surface area (Å²) >= 11 is 3.08. The molecule has 2 rings (SSSR count). The van der Waals surface area contributed by atoms with Gasteiger partial charge in [-0.15, -0.1) is 0 Å². The smallest absolute Gasteiger partial charge is 0.328 e. The molecule has 0 radical (unpaired) electrons. The van der Waals surface area contributed by atoms with Crippen molar-refractivity contribution in [2.45, 2.75) is 6.92 Å². The predicted octanol–water partition coefficient (Wildman–Crippen LogP) is 4.79. The zero-order valence-corrected chi connectivity index (χ0v) is 12.7. The van der Waals surface area contributed by atoms with Gasteiger partial charge in [0.25, 0.3) is 0 Å². The normalized spacial score (nSPS) is 10.8. The van der Waals surface area contributed by atoms with Crippen molar-refractivity contribution in [3.05, 3.63) is 63.9 Å². The third-order valence-corrected chi connectivity index (χ3v) is 3.39. The van der Waals surface area contributed by atoms with E-state index < -0.39 is 11.8 Å². The third kappa shape index (κ3) is 4.16. The van der Waals surface area contributed by atoms with Crippen molar-refractivity contribution in [2.24, 2.45) is 0 Å². The van der Waals surface area contributed by atoms with Crippen LogP contribution in [0.2, 0.25) is 0 Å². The number of ether oxygens (including phenoxy) is 1. The second-order valence-electron chi connectivity index (χ2n) is 4.37. The van der Waals surface area contributed by atoms with Gasteiger partial charge in [0.15, 0.2) is 0 Å². The fraction of sp³-hybridized carbons (Fsp3) is 0.0625. The van der Waals surface area contributed by atoms with E-state index in [-0.39, 0.29) is 0 Å². The van der Waals surface area contributed by atoms with Crippen molar-refractivity contribution >= 4 is 28.0 Å². The molecule has 0 heterocycles. The highest BCUT2D eigenvalue weighted by atomic mass is 79.9. The van der Waals surface area contributed by atoms with Crippen LogP contribution in [0.3, 0.4) is 0 Å². The zero-order chi connectivity index (χ0) is 15.4. The lowest BCUT2D eigenvalue weighted by Gasteiger charge is -2.10. The lowest BCUT2D eigenvalue weighted by molar-refractivity contribution is -0.131. The second-order valence-corrected chi connectivity index (χ2v) is 5.23. The maximum atomic E-state index is 13.5. The van der Waals surface area contributed by atoms with Gasteiger partial charge in [0.1, 0.15) is 17.3 Å². The molecule has 0 aromatic heterocycles. The van der Waals surface area contributed by atoms with Crippen molar-refractivity contribution in [1.29, 1.82) is 0 Å². The molecule has 0 bridgehead atoms. The van der Waals surface area contributed by atoms with Gasteiger partial charge < -0.3 is 9.84 Å². The molecule has 2 aromatic rings. The first-order valence-electron chi connectivity index (χ1n) is 6.10. The van der Waals surface area contributed by atoms with E-state index >= 15 is 0 Å². The molecule has 3 nitrogen and oxygen atoms in total. The van der Waals surface area contributed by atoms with Gasteiger partial charge in [-0.05, 0) is 58.3 Å². The van der Waals surface area contributed by atoms with Crippen LogP contribution in [0.1, 0.15) is 11.1 Å². The SMILES string of the molecule is Cc1ccc(/C=C/C(=O)O)cc1Oc1ccc(Br)c(F)c1. The van der Waals surface area contributed by atoms with E-state index in [1.165, 1.54) is 12.1 Å². The number of carbonyl (C=O) groups is 1. The topological polar surface area (TPSA) is 46.5 Å². The first-order valence-corrected chi connectivity index (χ1v) is 6.89. The molecule has 5 heteroatoms. The van der Waals surface area contributed by atoms with Crippen molar-refractivity contribution < 1.29 is 19.0 Å². The van der Waals surface area contributed by atoms with Crippen molar-refractivity contribution in [1.82, 2.24) is 0 Å². The van der Waals surface area contributed by atoms with Gasteiger partial charge in [-0.3, -0.25) is 0 Å². The molecule has 21 heavy (non-hydrogen) atoms. The van der Waals surface area contributed by atoms with Gasteiger partial charge >= 0.3 is 5.97 Å². The first kappa shape index (κ1) is 15.3. The monoisotopic (exact) mass is 350 g/mol. The van der Waals surface area contributed by atoms with Crippen LogP contribution in [0, 0.1) is 12.7 Å². The Hall–Kier alpha value is -2.14. The number of rotatable bonds is 4. The van der Waals surface area contributed by atoms with E-state index in [0.29, 0.717) is 21.5 Å². The molecule has 0 fully saturated rings. The highest BCUT2D eigenvalue weighted by Crippen LogP contribution is 2.29. The Labute approximate surface area is 129 Å². The zero-order valence-electron chi connectivity index (χ0n) is 11.1.